The lowest BCUT2D eigenvalue weighted by molar-refractivity contribution is -0.141. The third-order valence-corrected chi connectivity index (χ3v) is 3.06. The second-order valence-corrected chi connectivity index (χ2v) is 4.60. The number of carbonyl (C=O) groups excluding carboxylic acids is 1. The Labute approximate surface area is 117 Å². The molecule has 1 atom stereocenters. The summed E-state index contributed by atoms with van der Waals surface area (Å²) < 4.78 is 44.3. The smallest absolute Gasteiger partial charge is 0.306 e. The molecule has 1 amide bonds. The first-order chi connectivity index (χ1) is 9.88. The van der Waals surface area contributed by atoms with Gasteiger partial charge in [0.25, 0.3) is 5.91 Å². The molecule has 1 unspecified atom stereocenters. The van der Waals surface area contributed by atoms with E-state index < -0.39 is 35.4 Å². The van der Waals surface area contributed by atoms with Crippen LogP contribution in [0.15, 0.2) is 12.1 Å². The van der Waals surface area contributed by atoms with Crippen molar-refractivity contribution in [2.75, 3.05) is 19.7 Å². The molecule has 1 heterocycles. The first-order valence-corrected chi connectivity index (χ1v) is 6.15. The zero-order valence-corrected chi connectivity index (χ0v) is 10.8. The predicted octanol–water partition coefficient (Wildman–Crippen LogP) is 1.42. The first kappa shape index (κ1) is 15.3. The quantitative estimate of drug-likeness (QED) is 0.858. The summed E-state index contributed by atoms with van der Waals surface area (Å²) in [6, 6.07) is 1.23. The second-order valence-electron chi connectivity index (χ2n) is 4.60. The summed E-state index contributed by atoms with van der Waals surface area (Å²) in [4.78, 5) is 24.0. The summed E-state index contributed by atoms with van der Waals surface area (Å²) in [6.45, 7) is 0.275. The molecule has 1 N–H and O–H groups in total. The van der Waals surface area contributed by atoms with Crippen molar-refractivity contribution in [2.45, 2.75) is 12.5 Å². The molecule has 0 radical (unpaired) electrons. The first-order valence-electron chi connectivity index (χ1n) is 6.15. The van der Waals surface area contributed by atoms with Crippen LogP contribution in [0, 0.1) is 17.5 Å². The number of hydrogen-bond donors (Lipinski definition) is 1. The third kappa shape index (κ3) is 3.52. The zero-order chi connectivity index (χ0) is 15.6. The molecule has 0 bridgehead atoms. The molecule has 0 aliphatic carbocycles. The average Bonchev–Trinajstić information content (AvgIpc) is 2.43. The van der Waals surface area contributed by atoms with Crippen molar-refractivity contribution in [3.63, 3.8) is 0 Å². The maximum absolute atomic E-state index is 13.1. The monoisotopic (exact) mass is 303 g/mol. The molecule has 2 rings (SSSR count). The number of halogens is 3. The Morgan fingerprint density at radius 2 is 1.90 bits per heavy atom. The molecule has 0 saturated carbocycles. The van der Waals surface area contributed by atoms with E-state index in [0.29, 0.717) is 12.1 Å². The van der Waals surface area contributed by atoms with E-state index in [1.807, 2.05) is 0 Å². The number of benzene rings is 1. The Morgan fingerprint density at radius 3 is 2.48 bits per heavy atom. The van der Waals surface area contributed by atoms with Gasteiger partial charge < -0.3 is 14.7 Å². The minimum Gasteiger partial charge on any atom is -0.481 e. The fraction of sp³-hybridized carbons (Fsp3) is 0.385. The van der Waals surface area contributed by atoms with Gasteiger partial charge in [-0.15, -0.1) is 0 Å². The van der Waals surface area contributed by atoms with Gasteiger partial charge in [0, 0.05) is 18.7 Å². The lowest BCUT2D eigenvalue weighted by Gasteiger charge is -2.32. The van der Waals surface area contributed by atoms with Crippen molar-refractivity contribution in [1.29, 1.82) is 0 Å². The van der Waals surface area contributed by atoms with Crippen molar-refractivity contribution in [3.8, 4) is 0 Å². The molecule has 1 aromatic rings. The van der Waals surface area contributed by atoms with Gasteiger partial charge in [-0.3, -0.25) is 9.59 Å². The van der Waals surface area contributed by atoms with E-state index in [0.717, 1.165) is 0 Å². The fourth-order valence-electron chi connectivity index (χ4n) is 2.08. The van der Waals surface area contributed by atoms with Crippen LogP contribution in [0.25, 0.3) is 0 Å². The molecule has 114 valence electrons. The number of aliphatic carboxylic acids is 1. The number of carbonyl (C=O) groups is 2. The Kier molecular flexibility index (Phi) is 4.46. The lowest BCUT2D eigenvalue weighted by atomic mass is 10.1. The Bertz CT molecular complexity index is 556. The van der Waals surface area contributed by atoms with Crippen molar-refractivity contribution in [1.82, 2.24) is 4.90 Å². The van der Waals surface area contributed by atoms with Gasteiger partial charge in [0.05, 0.1) is 19.1 Å². The number of amides is 1. The number of nitrogens with zero attached hydrogens (tertiary/aromatic N) is 1. The van der Waals surface area contributed by atoms with E-state index in [9.17, 15) is 22.8 Å². The highest BCUT2D eigenvalue weighted by Gasteiger charge is 2.27. The van der Waals surface area contributed by atoms with Crippen molar-refractivity contribution >= 4 is 11.9 Å². The van der Waals surface area contributed by atoms with E-state index in [1.54, 1.807) is 0 Å². The van der Waals surface area contributed by atoms with Crippen LogP contribution in [-0.4, -0.2) is 47.7 Å². The number of carboxylic acid groups (broad SMARTS) is 1. The molecule has 5 nitrogen and oxygen atoms in total. The number of hydrogen-bond acceptors (Lipinski definition) is 3. The largest absolute Gasteiger partial charge is 0.481 e. The maximum Gasteiger partial charge on any atom is 0.306 e. The molecular formula is C13H12F3NO4. The normalized spacial score (nSPS) is 18.6. The SMILES string of the molecule is O=C(O)CC1CN(C(=O)c2cc(F)c(F)c(F)c2)CCO1. The van der Waals surface area contributed by atoms with E-state index in [4.69, 9.17) is 9.84 Å². The minimum atomic E-state index is -1.64. The van der Waals surface area contributed by atoms with Crippen LogP contribution in [0.2, 0.25) is 0 Å². The third-order valence-electron chi connectivity index (χ3n) is 3.06. The maximum atomic E-state index is 13.1. The molecule has 1 aliphatic rings. The van der Waals surface area contributed by atoms with Gasteiger partial charge in [-0.1, -0.05) is 0 Å². The standard InChI is InChI=1S/C13H12F3NO4/c14-9-3-7(4-10(15)12(9)16)13(20)17-1-2-21-8(6-17)5-11(18)19/h3-4,8H,1-2,5-6H2,(H,18,19). The molecule has 0 aromatic heterocycles. The molecule has 1 aromatic carbocycles. The van der Waals surface area contributed by atoms with Crippen LogP contribution in [0.1, 0.15) is 16.8 Å². The van der Waals surface area contributed by atoms with Crippen LogP contribution < -0.4 is 0 Å². The highest BCUT2D eigenvalue weighted by molar-refractivity contribution is 5.94. The van der Waals surface area contributed by atoms with Crippen molar-refractivity contribution < 1.29 is 32.6 Å². The molecule has 0 spiro atoms. The van der Waals surface area contributed by atoms with Gasteiger partial charge in [-0.05, 0) is 12.1 Å². The van der Waals surface area contributed by atoms with Crippen LogP contribution in [0.3, 0.4) is 0 Å². The number of morpholine rings is 1. The van der Waals surface area contributed by atoms with Crippen molar-refractivity contribution in [2.24, 2.45) is 0 Å². The van der Waals surface area contributed by atoms with Gasteiger partial charge in [-0.2, -0.15) is 0 Å². The molecule has 1 saturated heterocycles. The Balaban J connectivity index is 2.14. The molecule has 1 fully saturated rings. The molecule has 1 aliphatic heterocycles. The van der Waals surface area contributed by atoms with Crippen LogP contribution in [-0.2, 0) is 9.53 Å². The molecular weight excluding hydrogens is 291 g/mol. The summed E-state index contributed by atoms with van der Waals surface area (Å²) in [5.41, 5.74) is -0.331. The fourth-order valence-corrected chi connectivity index (χ4v) is 2.08. The number of carboxylic acids is 1. The van der Waals surface area contributed by atoms with Gasteiger partial charge in [0.1, 0.15) is 0 Å². The van der Waals surface area contributed by atoms with Crippen molar-refractivity contribution in [3.05, 3.63) is 35.1 Å². The number of ether oxygens (including phenoxy) is 1. The van der Waals surface area contributed by atoms with Crippen LogP contribution in [0.4, 0.5) is 13.2 Å². The minimum absolute atomic E-state index is 0.00819. The van der Waals surface area contributed by atoms with Gasteiger partial charge >= 0.3 is 5.97 Å². The summed E-state index contributed by atoms with van der Waals surface area (Å²) in [5, 5.41) is 8.69. The average molecular weight is 303 g/mol. The summed E-state index contributed by atoms with van der Waals surface area (Å²) in [6.07, 6.45) is -0.967. The lowest BCUT2D eigenvalue weighted by Crippen LogP contribution is -2.46. The van der Waals surface area contributed by atoms with Gasteiger partial charge in [-0.25, -0.2) is 13.2 Å². The molecule has 8 heteroatoms. The highest BCUT2D eigenvalue weighted by Crippen LogP contribution is 2.17. The summed E-state index contributed by atoms with van der Waals surface area (Å²) >= 11 is 0. The van der Waals surface area contributed by atoms with Gasteiger partial charge in [0.2, 0.25) is 0 Å². The summed E-state index contributed by atoms with van der Waals surface area (Å²) in [5.74, 6) is -6.32. The van der Waals surface area contributed by atoms with E-state index in [1.165, 1.54) is 4.90 Å². The predicted molar refractivity (Wildman–Crippen MR) is 64.2 cm³/mol. The Hall–Kier alpha value is -2.09. The molecule has 21 heavy (non-hydrogen) atoms. The second kappa shape index (κ2) is 6.13. The van der Waals surface area contributed by atoms with E-state index >= 15 is 0 Å². The van der Waals surface area contributed by atoms with E-state index in [-0.39, 0.29) is 31.7 Å². The van der Waals surface area contributed by atoms with Crippen LogP contribution in [0.5, 0.6) is 0 Å². The highest BCUT2D eigenvalue weighted by atomic mass is 19.2. The van der Waals surface area contributed by atoms with Gasteiger partial charge in [0.15, 0.2) is 17.5 Å². The Morgan fingerprint density at radius 1 is 1.29 bits per heavy atom. The number of rotatable bonds is 3. The van der Waals surface area contributed by atoms with E-state index in [2.05, 4.69) is 0 Å². The topological polar surface area (TPSA) is 66.8 Å². The summed E-state index contributed by atoms with van der Waals surface area (Å²) in [7, 11) is 0. The van der Waals surface area contributed by atoms with Crippen LogP contribution >= 0.6 is 0 Å². The zero-order valence-electron chi connectivity index (χ0n) is 10.8.